The van der Waals surface area contributed by atoms with Gasteiger partial charge in [0, 0.05) is 30.4 Å². The highest BCUT2D eigenvalue weighted by atomic mass is 32.2. The molecule has 0 saturated heterocycles. The average Bonchev–Trinajstić information content (AvgIpc) is 2.28. The number of nitrogens with one attached hydrogen (secondary N) is 1. The molecule has 1 aromatic carbocycles. The molecule has 3 N–H and O–H groups in total. The quantitative estimate of drug-likeness (QED) is 0.236. The van der Waals surface area contributed by atoms with Crippen LogP contribution in [-0.2, 0) is 11.8 Å². The lowest BCUT2D eigenvalue weighted by Gasteiger charge is -2.08. The first-order valence-electron chi connectivity index (χ1n) is 5.58. The Balaban J connectivity index is 2.66. The molecule has 3 nitrogen and oxygen atoms in total. The zero-order valence-electron chi connectivity index (χ0n) is 9.82. The van der Waals surface area contributed by atoms with Crippen molar-refractivity contribution in [2.75, 3.05) is 18.1 Å². The number of unbranched alkanes of at least 4 members (excludes halogenated alkanes) is 2. The standard InChI is InChI=1S/C12H19NO2S/c1-3-4-5-6-13-9-7-10(14)11(15)8-12(9)16-2/h7-8,13-15H,3-6H2,1-2H3/p+1. The highest BCUT2D eigenvalue weighted by Crippen LogP contribution is 2.32. The number of rotatable bonds is 6. The number of thiol groups is 1. The van der Waals surface area contributed by atoms with E-state index in [1.165, 1.54) is 12.8 Å². The smallest absolute Gasteiger partial charge is 0.179 e. The van der Waals surface area contributed by atoms with Gasteiger partial charge in [0.1, 0.15) is 6.26 Å². The van der Waals surface area contributed by atoms with Crippen LogP contribution < -0.4 is 5.32 Å². The van der Waals surface area contributed by atoms with Gasteiger partial charge in [-0.05, 0) is 6.42 Å². The van der Waals surface area contributed by atoms with Crippen LogP contribution >= 0.6 is 0 Å². The topological polar surface area (TPSA) is 52.5 Å². The molecule has 0 heterocycles. The number of phenolic OH excluding ortho intramolecular Hbond substituents is 2. The van der Waals surface area contributed by atoms with Crippen molar-refractivity contribution in [3.05, 3.63) is 12.1 Å². The summed E-state index contributed by atoms with van der Waals surface area (Å²) in [5.74, 6) is -0.117. The second-order valence-corrected chi connectivity index (χ2v) is 4.64. The number of benzene rings is 1. The molecule has 1 aromatic rings. The van der Waals surface area contributed by atoms with Crippen LogP contribution in [0.3, 0.4) is 0 Å². The molecule has 0 aliphatic carbocycles. The molecule has 0 aliphatic heterocycles. The van der Waals surface area contributed by atoms with E-state index in [9.17, 15) is 10.2 Å². The molecule has 0 atom stereocenters. The summed E-state index contributed by atoms with van der Waals surface area (Å²) in [7, 11) is 0. The van der Waals surface area contributed by atoms with Crippen molar-refractivity contribution in [2.45, 2.75) is 31.1 Å². The Morgan fingerprint density at radius 3 is 2.50 bits per heavy atom. The van der Waals surface area contributed by atoms with E-state index in [0.29, 0.717) is 0 Å². The van der Waals surface area contributed by atoms with E-state index in [4.69, 9.17) is 0 Å². The third-order valence-corrected chi connectivity index (χ3v) is 3.28. The zero-order chi connectivity index (χ0) is 12.0. The number of hydrogen-bond donors (Lipinski definition) is 3. The van der Waals surface area contributed by atoms with Crippen molar-refractivity contribution in [2.24, 2.45) is 0 Å². The minimum Gasteiger partial charge on any atom is -0.504 e. The third-order valence-electron chi connectivity index (χ3n) is 2.43. The van der Waals surface area contributed by atoms with Crippen molar-refractivity contribution < 1.29 is 10.2 Å². The predicted molar refractivity (Wildman–Crippen MR) is 70.7 cm³/mol. The van der Waals surface area contributed by atoms with Gasteiger partial charge in [-0.3, -0.25) is 0 Å². The van der Waals surface area contributed by atoms with Crippen LogP contribution in [-0.4, -0.2) is 23.0 Å². The zero-order valence-corrected chi connectivity index (χ0v) is 10.7. The summed E-state index contributed by atoms with van der Waals surface area (Å²) < 4.78 is 0. The monoisotopic (exact) mass is 242 g/mol. The first-order chi connectivity index (χ1) is 7.69. The van der Waals surface area contributed by atoms with E-state index in [1.54, 1.807) is 12.1 Å². The van der Waals surface area contributed by atoms with Gasteiger partial charge >= 0.3 is 0 Å². The normalized spacial score (nSPS) is 10.4. The average molecular weight is 242 g/mol. The Bertz CT molecular complexity index is 342. The van der Waals surface area contributed by atoms with Crippen molar-refractivity contribution in [1.82, 2.24) is 0 Å². The van der Waals surface area contributed by atoms with Crippen LogP contribution in [0, 0.1) is 0 Å². The van der Waals surface area contributed by atoms with E-state index in [0.717, 1.165) is 35.3 Å². The first kappa shape index (κ1) is 13.0. The van der Waals surface area contributed by atoms with Crippen molar-refractivity contribution in [3.63, 3.8) is 0 Å². The highest BCUT2D eigenvalue weighted by Gasteiger charge is 2.12. The minimum absolute atomic E-state index is 0.0524. The molecule has 0 bridgehead atoms. The van der Waals surface area contributed by atoms with E-state index >= 15 is 0 Å². The SMILES string of the molecule is CCCCCNc1cc(O)c(O)cc1[SH+]C. The number of anilines is 1. The van der Waals surface area contributed by atoms with Crippen LogP contribution in [0.15, 0.2) is 17.0 Å². The number of phenols is 2. The summed E-state index contributed by atoms with van der Waals surface area (Å²) in [6, 6.07) is 3.20. The fourth-order valence-electron chi connectivity index (χ4n) is 1.49. The van der Waals surface area contributed by atoms with Crippen molar-refractivity contribution >= 4 is 17.4 Å². The van der Waals surface area contributed by atoms with Crippen LogP contribution in [0.1, 0.15) is 26.2 Å². The molecular formula is C12H20NO2S+. The second kappa shape index (κ2) is 6.53. The molecule has 0 saturated carbocycles. The van der Waals surface area contributed by atoms with Gasteiger partial charge in [-0.1, -0.05) is 19.8 Å². The third kappa shape index (κ3) is 3.52. The summed E-state index contributed by atoms with van der Waals surface area (Å²) in [6.45, 7) is 3.07. The molecule has 4 heteroatoms. The Hall–Kier alpha value is -1.03. The van der Waals surface area contributed by atoms with Crippen LogP contribution in [0.5, 0.6) is 11.5 Å². The second-order valence-electron chi connectivity index (χ2n) is 3.72. The summed E-state index contributed by atoms with van der Waals surface area (Å²) in [6.07, 6.45) is 5.53. The fourth-order valence-corrected chi connectivity index (χ4v) is 2.13. The fraction of sp³-hybridized carbons (Fsp3) is 0.500. The lowest BCUT2D eigenvalue weighted by atomic mass is 10.2. The molecule has 0 unspecified atom stereocenters. The Morgan fingerprint density at radius 2 is 1.88 bits per heavy atom. The molecule has 1 rings (SSSR count). The van der Waals surface area contributed by atoms with E-state index < -0.39 is 0 Å². The van der Waals surface area contributed by atoms with E-state index in [1.807, 2.05) is 6.26 Å². The predicted octanol–water partition coefficient (Wildman–Crippen LogP) is 2.50. The van der Waals surface area contributed by atoms with Gasteiger partial charge < -0.3 is 15.5 Å². The summed E-state index contributed by atoms with van der Waals surface area (Å²) in [5.41, 5.74) is 0.913. The van der Waals surface area contributed by atoms with Crippen LogP contribution in [0.25, 0.3) is 0 Å². The molecule has 0 fully saturated rings. The lowest BCUT2D eigenvalue weighted by Crippen LogP contribution is -2.03. The number of aromatic hydroxyl groups is 2. The maximum Gasteiger partial charge on any atom is 0.179 e. The maximum absolute atomic E-state index is 9.43. The molecule has 0 aliphatic rings. The molecule has 16 heavy (non-hydrogen) atoms. The van der Waals surface area contributed by atoms with Gasteiger partial charge in [0.15, 0.2) is 16.4 Å². The molecule has 0 radical (unpaired) electrons. The highest BCUT2D eigenvalue weighted by molar-refractivity contribution is 7.78. The van der Waals surface area contributed by atoms with Gasteiger partial charge in [0.2, 0.25) is 0 Å². The summed E-state index contributed by atoms with van der Waals surface area (Å²) in [4.78, 5) is 1.01. The summed E-state index contributed by atoms with van der Waals surface area (Å²) in [5, 5.41) is 22.1. The van der Waals surface area contributed by atoms with Gasteiger partial charge in [-0.25, -0.2) is 0 Å². The number of hydrogen-bond acceptors (Lipinski definition) is 3. The molecular weight excluding hydrogens is 222 g/mol. The first-order valence-corrected chi connectivity index (χ1v) is 6.93. The molecule has 0 aromatic heterocycles. The Labute approximate surface area is 101 Å². The van der Waals surface area contributed by atoms with Crippen LogP contribution in [0.2, 0.25) is 0 Å². The van der Waals surface area contributed by atoms with Crippen LogP contribution in [0.4, 0.5) is 5.69 Å². The van der Waals surface area contributed by atoms with E-state index in [2.05, 4.69) is 12.2 Å². The van der Waals surface area contributed by atoms with Gasteiger partial charge in [0.25, 0.3) is 0 Å². The molecule has 0 spiro atoms. The van der Waals surface area contributed by atoms with Crippen molar-refractivity contribution in [3.8, 4) is 11.5 Å². The Morgan fingerprint density at radius 1 is 1.19 bits per heavy atom. The van der Waals surface area contributed by atoms with Gasteiger partial charge in [0.05, 0.1) is 5.69 Å². The lowest BCUT2D eigenvalue weighted by molar-refractivity contribution is 0.403. The van der Waals surface area contributed by atoms with Gasteiger partial charge in [-0.15, -0.1) is 0 Å². The maximum atomic E-state index is 9.43. The molecule has 0 amide bonds. The summed E-state index contributed by atoms with van der Waals surface area (Å²) >= 11 is 1.07. The molecule has 90 valence electrons. The van der Waals surface area contributed by atoms with Gasteiger partial charge in [-0.2, -0.15) is 0 Å². The Kier molecular flexibility index (Phi) is 5.32. The minimum atomic E-state index is -0.0645. The van der Waals surface area contributed by atoms with E-state index in [-0.39, 0.29) is 11.5 Å². The van der Waals surface area contributed by atoms with Crippen molar-refractivity contribution in [1.29, 1.82) is 0 Å². The largest absolute Gasteiger partial charge is 0.504 e.